The van der Waals surface area contributed by atoms with Crippen LogP contribution in [-0.4, -0.2) is 48.9 Å². The van der Waals surface area contributed by atoms with Crippen LogP contribution >= 0.6 is 11.3 Å². The van der Waals surface area contributed by atoms with Crippen molar-refractivity contribution >= 4 is 43.6 Å². The van der Waals surface area contributed by atoms with Crippen LogP contribution in [0.5, 0.6) is 0 Å². The zero-order chi connectivity index (χ0) is 20.2. The van der Waals surface area contributed by atoms with E-state index in [1.54, 1.807) is 11.3 Å². The number of hydrogen-bond donors (Lipinski definition) is 1. The lowest BCUT2D eigenvalue weighted by Crippen LogP contribution is -2.47. The predicted octanol–water partition coefficient (Wildman–Crippen LogP) is 5.30. The largest absolute Gasteiger partial charge is 0.416 e. The summed E-state index contributed by atoms with van der Waals surface area (Å²) in [5.74, 6) is 0.746. The van der Waals surface area contributed by atoms with Crippen LogP contribution in [0.1, 0.15) is 11.1 Å². The first-order valence-corrected chi connectivity index (χ1v) is 10.2. The third-order valence-corrected chi connectivity index (χ3v) is 6.51. The molecule has 1 N–H and O–H groups in total. The van der Waals surface area contributed by atoms with Crippen LogP contribution in [0.2, 0.25) is 0 Å². The molecule has 0 bridgehead atoms. The van der Waals surface area contributed by atoms with Gasteiger partial charge in [-0.05, 0) is 31.3 Å². The minimum Gasteiger partial charge on any atom is -0.353 e. The van der Waals surface area contributed by atoms with E-state index in [1.807, 2.05) is 12.1 Å². The highest BCUT2D eigenvalue weighted by Gasteiger charge is 2.33. The zero-order valence-electron chi connectivity index (χ0n) is 15.8. The summed E-state index contributed by atoms with van der Waals surface area (Å²) in [5, 5.41) is 5.34. The minimum atomic E-state index is -4.40. The molecule has 0 aliphatic carbocycles. The molecule has 4 nitrogen and oxygen atoms in total. The van der Waals surface area contributed by atoms with Crippen molar-refractivity contribution in [3.05, 3.63) is 53.6 Å². The summed E-state index contributed by atoms with van der Waals surface area (Å²) >= 11 is 1.60. The van der Waals surface area contributed by atoms with E-state index in [-0.39, 0.29) is 0 Å². The molecule has 2 aromatic carbocycles. The highest BCUT2D eigenvalue weighted by Crippen LogP contribution is 2.44. The molecule has 3 aromatic rings. The summed E-state index contributed by atoms with van der Waals surface area (Å²) < 4.78 is 41.0. The van der Waals surface area contributed by atoms with Crippen molar-refractivity contribution in [1.82, 2.24) is 9.80 Å². The number of rotatable bonds is 0. The van der Waals surface area contributed by atoms with Crippen LogP contribution in [0.25, 0.3) is 10.1 Å². The molecule has 5 rings (SSSR count). The number of halogens is 3. The molecule has 3 heterocycles. The van der Waals surface area contributed by atoms with Gasteiger partial charge in [0.15, 0.2) is 0 Å². The number of anilines is 2. The molecule has 0 saturated carbocycles. The molecule has 2 aliphatic rings. The Bertz CT molecular complexity index is 1110. The number of nitrogens with zero attached hydrogens (tertiary/aromatic N) is 3. The Kier molecular flexibility index (Phi) is 4.29. The number of alkyl halides is 3. The quantitative estimate of drug-likeness (QED) is 0.539. The van der Waals surface area contributed by atoms with Crippen molar-refractivity contribution in [3.8, 4) is 0 Å². The molecule has 0 spiro atoms. The molecule has 29 heavy (non-hydrogen) atoms. The third kappa shape index (κ3) is 3.26. The molecule has 2 aliphatic heterocycles. The lowest BCUT2D eigenvalue weighted by Gasteiger charge is -2.34. The Morgan fingerprint density at radius 2 is 1.79 bits per heavy atom. The number of amidine groups is 1. The molecule has 150 valence electrons. The number of piperazine rings is 1. The Hall–Kier alpha value is -2.58. The van der Waals surface area contributed by atoms with E-state index in [0.717, 1.165) is 64.8 Å². The van der Waals surface area contributed by atoms with Gasteiger partial charge in [-0.3, -0.25) is 0 Å². The van der Waals surface area contributed by atoms with E-state index in [0.29, 0.717) is 11.4 Å². The lowest BCUT2D eigenvalue weighted by molar-refractivity contribution is -0.137. The maximum Gasteiger partial charge on any atom is 0.416 e. The summed E-state index contributed by atoms with van der Waals surface area (Å²) in [6, 6.07) is 11.8. The van der Waals surface area contributed by atoms with Gasteiger partial charge in [-0.1, -0.05) is 18.2 Å². The van der Waals surface area contributed by atoms with Crippen LogP contribution in [0.4, 0.5) is 29.5 Å². The van der Waals surface area contributed by atoms with Crippen molar-refractivity contribution in [3.63, 3.8) is 0 Å². The van der Waals surface area contributed by atoms with Crippen molar-refractivity contribution in [2.24, 2.45) is 4.99 Å². The first-order chi connectivity index (χ1) is 13.9. The number of thiophene rings is 1. The maximum atomic E-state index is 13.3. The molecule has 1 aromatic heterocycles. The number of nitrogens with one attached hydrogen (secondary N) is 1. The highest BCUT2D eigenvalue weighted by molar-refractivity contribution is 7.23. The minimum absolute atomic E-state index is 0.321. The van der Waals surface area contributed by atoms with Gasteiger partial charge in [0.05, 0.1) is 22.5 Å². The number of hydrogen-bond acceptors (Lipinski definition) is 5. The molecule has 1 fully saturated rings. The molecular weight excluding hydrogens is 397 g/mol. The van der Waals surface area contributed by atoms with Crippen molar-refractivity contribution in [2.45, 2.75) is 6.18 Å². The first-order valence-electron chi connectivity index (χ1n) is 9.42. The van der Waals surface area contributed by atoms with Gasteiger partial charge in [0.25, 0.3) is 0 Å². The van der Waals surface area contributed by atoms with Crippen LogP contribution in [-0.2, 0) is 6.18 Å². The number of aliphatic imine (C=N–C) groups is 1. The van der Waals surface area contributed by atoms with E-state index < -0.39 is 11.7 Å². The fourth-order valence-corrected chi connectivity index (χ4v) is 4.91. The second-order valence-electron chi connectivity index (χ2n) is 7.38. The Labute approximate surface area is 170 Å². The second-order valence-corrected chi connectivity index (χ2v) is 8.43. The zero-order valence-corrected chi connectivity index (χ0v) is 16.6. The topological polar surface area (TPSA) is 30.9 Å². The smallest absolute Gasteiger partial charge is 0.353 e. The van der Waals surface area contributed by atoms with E-state index in [2.05, 4.69) is 34.3 Å². The van der Waals surface area contributed by atoms with Crippen LogP contribution in [0.3, 0.4) is 0 Å². The molecular formula is C21H19F3N4S. The van der Waals surface area contributed by atoms with E-state index in [9.17, 15) is 13.2 Å². The molecule has 0 amide bonds. The van der Waals surface area contributed by atoms with Crippen molar-refractivity contribution in [2.75, 3.05) is 38.5 Å². The van der Waals surface area contributed by atoms with Crippen molar-refractivity contribution in [1.29, 1.82) is 0 Å². The summed E-state index contributed by atoms with van der Waals surface area (Å²) in [7, 11) is 2.07. The van der Waals surface area contributed by atoms with Gasteiger partial charge >= 0.3 is 6.18 Å². The number of fused-ring (bicyclic) bond motifs is 4. The number of benzene rings is 2. The fourth-order valence-electron chi connectivity index (χ4n) is 3.80. The third-order valence-electron chi connectivity index (χ3n) is 5.42. The van der Waals surface area contributed by atoms with Gasteiger partial charge in [0.2, 0.25) is 0 Å². The van der Waals surface area contributed by atoms with Gasteiger partial charge in [-0.15, -0.1) is 11.3 Å². The average molecular weight is 416 g/mol. The summed E-state index contributed by atoms with van der Waals surface area (Å²) in [5.41, 5.74) is 1.20. The Morgan fingerprint density at radius 1 is 1.03 bits per heavy atom. The van der Waals surface area contributed by atoms with E-state index in [1.165, 1.54) is 6.07 Å². The van der Waals surface area contributed by atoms with Crippen molar-refractivity contribution < 1.29 is 13.2 Å². The van der Waals surface area contributed by atoms with E-state index >= 15 is 0 Å². The number of likely N-dealkylation sites (N-methyl/N-ethyl adjacent to an activating group) is 1. The van der Waals surface area contributed by atoms with Gasteiger partial charge in [-0.25, -0.2) is 4.99 Å². The second kappa shape index (κ2) is 6.74. The van der Waals surface area contributed by atoms with Crippen LogP contribution in [0.15, 0.2) is 47.5 Å². The van der Waals surface area contributed by atoms with Gasteiger partial charge in [-0.2, -0.15) is 13.2 Å². The Balaban J connectivity index is 1.71. The Morgan fingerprint density at radius 3 is 2.55 bits per heavy atom. The maximum absolute atomic E-state index is 13.3. The average Bonchev–Trinajstić information content (AvgIpc) is 2.96. The van der Waals surface area contributed by atoms with Gasteiger partial charge < -0.3 is 15.1 Å². The fraction of sp³-hybridized carbons (Fsp3) is 0.286. The molecule has 0 atom stereocenters. The van der Waals surface area contributed by atoms with Crippen LogP contribution in [0, 0.1) is 0 Å². The summed E-state index contributed by atoms with van der Waals surface area (Å²) in [6.45, 7) is 3.35. The molecule has 1 saturated heterocycles. The van der Waals surface area contributed by atoms with Gasteiger partial charge in [0, 0.05) is 36.3 Å². The van der Waals surface area contributed by atoms with Crippen LogP contribution < -0.4 is 5.32 Å². The first kappa shape index (κ1) is 18.4. The normalized spacial score (nSPS) is 17.4. The van der Waals surface area contributed by atoms with E-state index in [4.69, 9.17) is 4.99 Å². The summed E-state index contributed by atoms with van der Waals surface area (Å²) in [6.07, 6.45) is -4.40. The van der Waals surface area contributed by atoms with Gasteiger partial charge in [0.1, 0.15) is 10.8 Å². The molecule has 8 heteroatoms. The highest BCUT2D eigenvalue weighted by atomic mass is 32.1. The molecule has 0 unspecified atom stereocenters. The SMILES string of the molecule is CN1CCN(C2=Nc3cc(C(F)(F)F)ccc3Nc3sc4ccccc4c32)CC1. The lowest BCUT2D eigenvalue weighted by atomic mass is 10.1. The standard InChI is InChI=1S/C21H19F3N4S/c1-27-8-10-28(11-9-27)19-18-14-4-2-3-5-17(14)29-20(18)26-15-7-6-13(21(22,23)24)12-16(15)25-19/h2-7,12,26H,8-11H2,1H3. The summed E-state index contributed by atoms with van der Waals surface area (Å²) in [4.78, 5) is 9.23. The monoisotopic (exact) mass is 416 g/mol. The molecule has 0 radical (unpaired) electrons. The predicted molar refractivity (Wildman–Crippen MR) is 112 cm³/mol.